The fraction of sp³-hybridized carbons (Fsp3) is 0.714. The van der Waals surface area contributed by atoms with E-state index in [0.717, 1.165) is 56.9 Å². The van der Waals surface area contributed by atoms with Gasteiger partial charge in [-0.2, -0.15) is 0 Å². The molecule has 0 bridgehead atoms. The SMILES string of the molecule is CO[C@@H]1[C@@H](OC)[C@H](Cc2ccccc2)O[C@@H]2COC(=O)CCCCCCCCC=CCCCCCCCCC(=O)O[C@@H]12. The van der Waals surface area contributed by atoms with Crippen LogP contribution in [0.5, 0.6) is 0 Å². The van der Waals surface area contributed by atoms with E-state index in [2.05, 4.69) is 12.2 Å². The molecule has 42 heavy (non-hydrogen) atoms. The topological polar surface area (TPSA) is 80.3 Å². The first-order chi connectivity index (χ1) is 20.6. The van der Waals surface area contributed by atoms with Crippen molar-refractivity contribution in [2.45, 2.75) is 140 Å². The van der Waals surface area contributed by atoms with Crippen LogP contribution in [-0.2, 0) is 39.7 Å². The smallest absolute Gasteiger partial charge is 0.306 e. The Morgan fingerprint density at radius 3 is 1.83 bits per heavy atom. The number of carbonyl (C=O) groups excluding carboxylic acids is 2. The van der Waals surface area contributed by atoms with E-state index >= 15 is 0 Å². The zero-order chi connectivity index (χ0) is 29.8. The molecule has 0 N–H and O–H groups in total. The molecule has 1 fully saturated rings. The van der Waals surface area contributed by atoms with Crippen molar-refractivity contribution in [3.05, 3.63) is 48.0 Å². The molecule has 0 aromatic heterocycles. The Morgan fingerprint density at radius 1 is 0.690 bits per heavy atom. The van der Waals surface area contributed by atoms with Gasteiger partial charge in [0.15, 0.2) is 6.10 Å². The third-order valence-corrected chi connectivity index (χ3v) is 8.40. The lowest BCUT2D eigenvalue weighted by Gasteiger charge is -2.45. The van der Waals surface area contributed by atoms with E-state index < -0.39 is 24.4 Å². The average molecular weight is 587 g/mol. The highest BCUT2D eigenvalue weighted by Crippen LogP contribution is 2.30. The lowest BCUT2D eigenvalue weighted by molar-refractivity contribution is -0.251. The van der Waals surface area contributed by atoms with Crippen molar-refractivity contribution in [2.75, 3.05) is 20.8 Å². The molecule has 0 spiro atoms. The molecule has 1 saturated heterocycles. The number of hydrogen-bond acceptors (Lipinski definition) is 7. The van der Waals surface area contributed by atoms with Crippen LogP contribution in [-0.4, -0.2) is 63.3 Å². The highest BCUT2D eigenvalue weighted by Gasteiger charge is 2.49. The van der Waals surface area contributed by atoms with Gasteiger partial charge in [-0.1, -0.05) is 93.9 Å². The van der Waals surface area contributed by atoms with E-state index in [1.165, 1.54) is 38.5 Å². The third kappa shape index (κ3) is 12.6. The van der Waals surface area contributed by atoms with Gasteiger partial charge in [-0.05, 0) is 44.1 Å². The molecule has 0 aliphatic carbocycles. The zero-order valence-electron chi connectivity index (χ0n) is 26.0. The van der Waals surface area contributed by atoms with Gasteiger partial charge in [-0.15, -0.1) is 0 Å². The van der Waals surface area contributed by atoms with Gasteiger partial charge in [-0.3, -0.25) is 9.59 Å². The van der Waals surface area contributed by atoms with Gasteiger partial charge in [0.05, 0.1) is 6.10 Å². The van der Waals surface area contributed by atoms with Crippen LogP contribution in [0, 0.1) is 0 Å². The van der Waals surface area contributed by atoms with Crippen molar-refractivity contribution < 1.29 is 33.3 Å². The Morgan fingerprint density at radius 2 is 1.24 bits per heavy atom. The Labute approximate surface area is 253 Å². The molecule has 2 aliphatic rings. The third-order valence-electron chi connectivity index (χ3n) is 8.40. The number of ether oxygens (including phenoxy) is 5. The molecule has 5 atom stereocenters. The summed E-state index contributed by atoms with van der Waals surface area (Å²) in [6.45, 7) is 0.00584. The van der Waals surface area contributed by atoms with Crippen molar-refractivity contribution in [2.24, 2.45) is 0 Å². The minimum absolute atomic E-state index is 0.00584. The molecule has 7 nitrogen and oxygen atoms in total. The summed E-state index contributed by atoms with van der Waals surface area (Å²) in [6, 6.07) is 10.1. The molecule has 0 saturated carbocycles. The van der Waals surface area contributed by atoms with E-state index in [1.54, 1.807) is 14.2 Å². The van der Waals surface area contributed by atoms with Crippen LogP contribution in [0.4, 0.5) is 0 Å². The number of fused-ring (bicyclic) bond motifs is 1. The number of cyclic esters (lactones) is 1. The molecular weight excluding hydrogens is 532 g/mol. The lowest BCUT2D eigenvalue weighted by Crippen LogP contribution is -2.61. The van der Waals surface area contributed by atoms with Gasteiger partial charge in [0.2, 0.25) is 0 Å². The van der Waals surface area contributed by atoms with Crippen LogP contribution in [0.25, 0.3) is 0 Å². The Kier molecular flexibility index (Phi) is 16.8. The molecule has 236 valence electrons. The van der Waals surface area contributed by atoms with Crippen LogP contribution in [0.2, 0.25) is 0 Å². The van der Waals surface area contributed by atoms with E-state index in [4.69, 9.17) is 23.7 Å². The highest BCUT2D eigenvalue weighted by atomic mass is 16.6. The first kappa shape index (κ1) is 34.3. The van der Waals surface area contributed by atoms with Crippen LogP contribution in [0.3, 0.4) is 0 Å². The summed E-state index contributed by atoms with van der Waals surface area (Å²) >= 11 is 0. The zero-order valence-corrected chi connectivity index (χ0v) is 26.0. The van der Waals surface area contributed by atoms with Gasteiger partial charge >= 0.3 is 11.9 Å². The molecule has 2 aliphatic heterocycles. The fourth-order valence-corrected chi connectivity index (χ4v) is 6.00. The molecule has 2 heterocycles. The first-order valence-electron chi connectivity index (χ1n) is 16.4. The maximum absolute atomic E-state index is 13.0. The van der Waals surface area contributed by atoms with E-state index in [9.17, 15) is 9.59 Å². The largest absolute Gasteiger partial charge is 0.463 e. The predicted molar refractivity (Wildman–Crippen MR) is 164 cm³/mol. The number of methoxy groups -OCH3 is 2. The van der Waals surface area contributed by atoms with Crippen molar-refractivity contribution >= 4 is 11.9 Å². The normalized spacial score (nSPS) is 28.9. The average Bonchev–Trinajstić information content (AvgIpc) is 3.00. The van der Waals surface area contributed by atoms with Gasteiger partial charge < -0.3 is 23.7 Å². The van der Waals surface area contributed by atoms with Crippen molar-refractivity contribution in [3.8, 4) is 0 Å². The molecule has 3 rings (SSSR count). The molecule has 0 unspecified atom stereocenters. The Bertz CT molecular complexity index is 902. The van der Waals surface area contributed by atoms with Gasteiger partial charge in [-0.25, -0.2) is 0 Å². The van der Waals surface area contributed by atoms with E-state index in [0.29, 0.717) is 19.3 Å². The second kappa shape index (κ2) is 20.6. The van der Waals surface area contributed by atoms with Gasteiger partial charge in [0.1, 0.15) is 24.9 Å². The number of carbonyl (C=O) groups is 2. The minimum atomic E-state index is -0.741. The quantitative estimate of drug-likeness (QED) is 0.271. The standard InChI is InChI=1S/C35H54O7/c1-38-33-29(26-28-22-18-17-19-23-28)41-30-27-40-31(36)24-20-15-13-11-9-7-5-3-4-6-8-10-12-14-16-21-25-32(37)42-34(30)35(33)39-2/h3-4,17-19,22-23,29-30,33-35H,5-16,20-21,24-27H2,1-2H3/t29-,30+,33-,34+,35+/m0/s1. The van der Waals surface area contributed by atoms with Crippen LogP contribution in [0.1, 0.15) is 108 Å². The molecular formula is C35H54O7. The summed E-state index contributed by atoms with van der Waals surface area (Å²) in [7, 11) is 3.22. The van der Waals surface area contributed by atoms with Gasteiger partial charge in [0.25, 0.3) is 0 Å². The Balaban J connectivity index is 1.65. The van der Waals surface area contributed by atoms with E-state index in [1.807, 2.05) is 30.3 Å². The van der Waals surface area contributed by atoms with Crippen molar-refractivity contribution in [1.29, 1.82) is 0 Å². The monoisotopic (exact) mass is 586 g/mol. The van der Waals surface area contributed by atoms with Crippen LogP contribution in [0.15, 0.2) is 42.5 Å². The second-order valence-electron chi connectivity index (χ2n) is 11.7. The fourth-order valence-electron chi connectivity index (χ4n) is 6.00. The summed E-state index contributed by atoms with van der Waals surface area (Å²) in [5, 5.41) is 0. The summed E-state index contributed by atoms with van der Waals surface area (Å²) in [4.78, 5) is 25.6. The number of esters is 2. The number of benzene rings is 1. The maximum atomic E-state index is 13.0. The number of rotatable bonds is 4. The molecule has 0 radical (unpaired) electrons. The number of allylic oxidation sites excluding steroid dienone is 2. The van der Waals surface area contributed by atoms with Crippen molar-refractivity contribution in [1.82, 2.24) is 0 Å². The Hall–Kier alpha value is -2.22. The van der Waals surface area contributed by atoms with E-state index in [-0.39, 0.29) is 24.6 Å². The van der Waals surface area contributed by atoms with Crippen LogP contribution < -0.4 is 0 Å². The summed E-state index contributed by atoms with van der Waals surface area (Å²) in [6.07, 6.45) is 18.7. The van der Waals surface area contributed by atoms with Gasteiger partial charge in [0, 0.05) is 33.5 Å². The molecule has 1 aromatic carbocycles. The molecule has 7 heteroatoms. The summed E-state index contributed by atoms with van der Waals surface area (Å²) in [5.74, 6) is -0.532. The lowest BCUT2D eigenvalue weighted by atomic mass is 9.91. The van der Waals surface area contributed by atoms with Crippen molar-refractivity contribution in [3.63, 3.8) is 0 Å². The molecule has 0 amide bonds. The highest BCUT2D eigenvalue weighted by molar-refractivity contribution is 5.70. The number of hydrogen-bond donors (Lipinski definition) is 0. The predicted octanol–water partition coefficient (Wildman–Crippen LogP) is 7.29. The summed E-state index contributed by atoms with van der Waals surface area (Å²) < 4.78 is 29.9. The van der Waals surface area contributed by atoms with Crippen LogP contribution >= 0.6 is 0 Å². The first-order valence-corrected chi connectivity index (χ1v) is 16.4. The molecule has 1 aromatic rings. The maximum Gasteiger partial charge on any atom is 0.306 e. The minimum Gasteiger partial charge on any atom is -0.463 e. The second-order valence-corrected chi connectivity index (χ2v) is 11.7. The summed E-state index contributed by atoms with van der Waals surface area (Å²) in [5.41, 5.74) is 1.10.